The van der Waals surface area contributed by atoms with E-state index in [1.54, 1.807) is 18.2 Å². The molecular formula is C22H27ClN4O2. The molecule has 1 fully saturated rings. The average molecular weight is 415 g/mol. The Morgan fingerprint density at radius 2 is 1.59 bits per heavy atom. The zero-order valence-corrected chi connectivity index (χ0v) is 17.8. The van der Waals surface area contributed by atoms with Crippen molar-refractivity contribution < 1.29 is 9.59 Å². The Morgan fingerprint density at radius 3 is 2.17 bits per heavy atom. The molecule has 154 valence electrons. The zero-order chi connectivity index (χ0) is 21.0. The van der Waals surface area contributed by atoms with Crippen LogP contribution in [-0.2, 0) is 4.79 Å². The van der Waals surface area contributed by atoms with Gasteiger partial charge in [-0.05, 0) is 56.3 Å². The molecule has 2 amide bonds. The van der Waals surface area contributed by atoms with Crippen LogP contribution in [0.15, 0.2) is 42.5 Å². The highest BCUT2D eigenvalue weighted by atomic mass is 35.5. The monoisotopic (exact) mass is 414 g/mol. The minimum atomic E-state index is -0.241. The number of anilines is 3. The number of carbonyl (C=O) groups excluding carboxylic acids is 2. The molecule has 0 unspecified atom stereocenters. The van der Waals surface area contributed by atoms with E-state index in [0.29, 0.717) is 28.0 Å². The van der Waals surface area contributed by atoms with Gasteiger partial charge in [0.15, 0.2) is 0 Å². The average Bonchev–Trinajstić information content (AvgIpc) is 2.70. The van der Waals surface area contributed by atoms with Crippen LogP contribution in [-0.4, -0.2) is 48.9 Å². The molecule has 0 radical (unpaired) electrons. The fraction of sp³-hybridized carbons (Fsp3) is 0.364. The summed E-state index contributed by atoms with van der Waals surface area (Å²) in [5.74, 6) is -0.472. The number of amides is 2. The van der Waals surface area contributed by atoms with Crippen molar-refractivity contribution in [2.75, 3.05) is 41.7 Å². The van der Waals surface area contributed by atoms with Crippen LogP contribution in [0.5, 0.6) is 0 Å². The highest BCUT2D eigenvalue weighted by Gasteiger charge is 2.19. The molecule has 7 heteroatoms. The maximum atomic E-state index is 12.7. The number of carbonyl (C=O) groups is 2. The molecule has 0 aromatic heterocycles. The van der Waals surface area contributed by atoms with Gasteiger partial charge in [0.2, 0.25) is 5.91 Å². The van der Waals surface area contributed by atoms with Gasteiger partial charge < -0.3 is 15.5 Å². The Hall–Kier alpha value is -2.57. The maximum absolute atomic E-state index is 12.7. The van der Waals surface area contributed by atoms with Gasteiger partial charge in [0.1, 0.15) is 0 Å². The molecule has 6 nitrogen and oxygen atoms in total. The Balaban J connectivity index is 1.66. The molecule has 2 aromatic rings. The number of hydrogen-bond donors (Lipinski definition) is 2. The van der Waals surface area contributed by atoms with Crippen molar-refractivity contribution in [2.45, 2.75) is 26.8 Å². The molecule has 2 N–H and O–H groups in total. The Bertz CT molecular complexity index is 875. The van der Waals surface area contributed by atoms with E-state index in [9.17, 15) is 9.59 Å². The highest BCUT2D eigenvalue weighted by molar-refractivity contribution is 6.31. The van der Waals surface area contributed by atoms with E-state index in [4.69, 9.17) is 11.6 Å². The molecule has 1 aliphatic heterocycles. The normalized spacial score (nSPS) is 14.7. The van der Waals surface area contributed by atoms with Gasteiger partial charge in [-0.25, -0.2) is 0 Å². The topological polar surface area (TPSA) is 64.7 Å². The summed E-state index contributed by atoms with van der Waals surface area (Å²) in [4.78, 5) is 28.9. The zero-order valence-electron chi connectivity index (χ0n) is 17.0. The van der Waals surface area contributed by atoms with Crippen LogP contribution in [0.2, 0.25) is 5.02 Å². The molecule has 0 atom stereocenters. The highest BCUT2D eigenvalue weighted by Crippen LogP contribution is 2.27. The van der Waals surface area contributed by atoms with Gasteiger partial charge in [-0.1, -0.05) is 11.6 Å². The summed E-state index contributed by atoms with van der Waals surface area (Å²) in [6.45, 7) is 9.91. The third-order valence-electron chi connectivity index (χ3n) is 5.08. The van der Waals surface area contributed by atoms with E-state index >= 15 is 0 Å². The molecule has 29 heavy (non-hydrogen) atoms. The largest absolute Gasteiger partial charge is 0.369 e. The van der Waals surface area contributed by atoms with Crippen LogP contribution in [0.25, 0.3) is 0 Å². The molecule has 3 rings (SSSR count). The molecule has 1 heterocycles. The summed E-state index contributed by atoms with van der Waals surface area (Å²) in [6, 6.07) is 13.1. The van der Waals surface area contributed by atoms with E-state index < -0.39 is 0 Å². The third-order valence-corrected chi connectivity index (χ3v) is 5.31. The second kappa shape index (κ2) is 9.29. The van der Waals surface area contributed by atoms with E-state index in [1.165, 1.54) is 6.92 Å². The summed E-state index contributed by atoms with van der Waals surface area (Å²) >= 11 is 6.00. The van der Waals surface area contributed by atoms with Crippen LogP contribution in [0.1, 0.15) is 31.1 Å². The number of benzene rings is 2. The van der Waals surface area contributed by atoms with Gasteiger partial charge in [0, 0.05) is 55.4 Å². The van der Waals surface area contributed by atoms with Crippen molar-refractivity contribution in [1.82, 2.24) is 4.90 Å². The minimum absolute atomic E-state index is 0.232. The van der Waals surface area contributed by atoms with Crippen molar-refractivity contribution in [1.29, 1.82) is 0 Å². The van der Waals surface area contributed by atoms with Gasteiger partial charge >= 0.3 is 0 Å². The van der Waals surface area contributed by atoms with Gasteiger partial charge in [0.05, 0.1) is 11.4 Å². The van der Waals surface area contributed by atoms with E-state index in [2.05, 4.69) is 34.3 Å². The van der Waals surface area contributed by atoms with Crippen LogP contribution in [0.3, 0.4) is 0 Å². The number of nitrogens with one attached hydrogen (secondary N) is 2. The summed E-state index contributed by atoms with van der Waals surface area (Å²) in [5.41, 5.74) is 2.65. The maximum Gasteiger partial charge on any atom is 0.255 e. The summed E-state index contributed by atoms with van der Waals surface area (Å²) in [7, 11) is 0. The van der Waals surface area contributed by atoms with Crippen molar-refractivity contribution >= 4 is 40.5 Å². The van der Waals surface area contributed by atoms with E-state index in [-0.39, 0.29) is 11.8 Å². The molecule has 0 aliphatic carbocycles. The second-order valence-corrected chi connectivity index (χ2v) is 7.93. The lowest BCUT2D eigenvalue weighted by atomic mass is 10.1. The van der Waals surface area contributed by atoms with Crippen molar-refractivity contribution in [3.8, 4) is 0 Å². The molecule has 0 saturated carbocycles. The molecule has 0 spiro atoms. The van der Waals surface area contributed by atoms with Crippen molar-refractivity contribution in [3.63, 3.8) is 0 Å². The fourth-order valence-electron chi connectivity index (χ4n) is 3.43. The summed E-state index contributed by atoms with van der Waals surface area (Å²) in [6.07, 6.45) is 0. The lowest BCUT2D eigenvalue weighted by Gasteiger charge is -2.38. The van der Waals surface area contributed by atoms with Gasteiger partial charge in [-0.15, -0.1) is 0 Å². The SMILES string of the molecule is CC(=O)Nc1cc(Cl)ccc1NC(=O)c1ccc(N2CCN(C(C)C)CC2)cc1. The molecule has 2 aromatic carbocycles. The Kier molecular flexibility index (Phi) is 6.77. The van der Waals surface area contributed by atoms with Crippen LogP contribution in [0.4, 0.5) is 17.1 Å². The molecule has 1 saturated heterocycles. The van der Waals surface area contributed by atoms with Gasteiger partial charge in [-0.3, -0.25) is 14.5 Å². The summed E-state index contributed by atoms with van der Waals surface area (Å²) < 4.78 is 0. The van der Waals surface area contributed by atoms with Crippen molar-refractivity contribution in [3.05, 3.63) is 53.1 Å². The molecule has 0 bridgehead atoms. The first-order valence-corrected chi connectivity index (χ1v) is 10.2. The molecular weight excluding hydrogens is 388 g/mol. The number of hydrogen-bond acceptors (Lipinski definition) is 4. The van der Waals surface area contributed by atoms with Crippen molar-refractivity contribution in [2.24, 2.45) is 0 Å². The number of piperazine rings is 1. The fourth-order valence-corrected chi connectivity index (χ4v) is 3.61. The van der Waals surface area contributed by atoms with E-state index in [1.807, 2.05) is 24.3 Å². The molecule has 1 aliphatic rings. The predicted octanol–water partition coefficient (Wildman–Crippen LogP) is 4.08. The second-order valence-electron chi connectivity index (χ2n) is 7.49. The summed E-state index contributed by atoms with van der Waals surface area (Å²) in [5, 5.41) is 6.01. The lowest BCUT2D eigenvalue weighted by Crippen LogP contribution is -2.48. The quantitative estimate of drug-likeness (QED) is 0.773. The van der Waals surface area contributed by atoms with Crippen LogP contribution in [0, 0.1) is 0 Å². The minimum Gasteiger partial charge on any atom is -0.369 e. The van der Waals surface area contributed by atoms with Crippen LogP contribution >= 0.6 is 11.6 Å². The first-order chi connectivity index (χ1) is 13.8. The smallest absolute Gasteiger partial charge is 0.255 e. The van der Waals surface area contributed by atoms with Gasteiger partial charge in [0.25, 0.3) is 5.91 Å². The third kappa shape index (κ3) is 5.49. The predicted molar refractivity (Wildman–Crippen MR) is 119 cm³/mol. The first-order valence-electron chi connectivity index (χ1n) is 9.81. The standard InChI is InChI=1S/C22H27ClN4O2/c1-15(2)26-10-12-27(13-11-26)19-7-4-17(5-8-19)22(29)25-20-9-6-18(23)14-21(20)24-16(3)28/h4-9,14-15H,10-13H2,1-3H3,(H,24,28)(H,25,29). The number of halogens is 1. The number of rotatable bonds is 5. The van der Waals surface area contributed by atoms with Crippen LogP contribution < -0.4 is 15.5 Å². The Labute approximate surface area is 176 Å². The van der Waals surface area contributed by atoms with E-state index in [0.717, 1.165) is 31.9 Å². The Morgan fingerprint density at radius 1 is 0.931 bits per heavy atom. The van der Waals surface area contributed by atoms with Gasteiger partial charge in [-0.2, -0.15) is 0 Å². The number of nitrogens with zero attached hydrogens (tertiary/aromatic N) is 2. The lowest BCUT2D eigenvalue weighted by molar-refractivity contribution is -0.114. The first kappa shape index (κ1) is 21.1.